The third-order valence-electron chi connectivity index (χ3n) is 2.52. The first-order valence-electron chi connectivity index (χ1n) is 4.97. The highest BCUT2D eigenvalue weighted by Crippen LogP contribution is 2.10. The Kier molecular flexibility index (Phi) is 4.99. The molecule has 0 atom stereocenters. The molecule has 1 aliphatic heterocycles. The summed E-state index contributed by atoms with van der Waals surface area (Å²) in [6.07, 6.45) is 4.34. The quantitative estimate of drug-likeness (QED) is 0.593. The maximum Gasteiger partial charge on any atom is 0.243 e. The van der Waals surface area contributed by atoms with Crippen LogP contribution in [-0.4, -0.2) is 58.8 Å². The summed E-state index contributed by atoms with van der Waals surface area (Å²) in [5.74, 6) is 0. The van der Waals surface area contributed by atoms with E-state index >= 15 is 0 Å². The second kappa shape index (κ2) is 6.05. The molecule has 82 valence electrons. The zero-order valence-corrected chi connectivity index (χ0v) is 10.4. The fourth-order valence-corrected chi connectivity index (χ4v) is 3.52. The summed E-state index contributed by atoms with van der Waals surface area (Å²) in [5, 5.41) is 0. The number of ether oxygens (including phenoxy) is 2. The average Bonchev–Trinajstić information content (AvgIpc) is 2.54. The average molecular weight is 216 g/mol. The van der Waals surface area contributed by atoms with Crippen molar-refractivity contribution >= 4 is 9.12 Å². The van der Waals surface area contributed by atoms with Gasteiger partial charge in [-0.2, -0.15) is 0 Å². The Bertz CT molecular complexity index is 172. The first kappa shape index (κ1) is 11.6. The minimum Gasteiger partial charge on any atom is -0.386 e. The zero-order valence-electron chi connectivity index (χ0n) is 9.27. The molecule has 0 aromatic heterocycles. The number of hydrogen-bond donors (Lipinski definition) is 0. The first-order valence-corrected chi connectivity index (χ1v) is 7.16. The van der Waals surface area contributed by atoms with E-state index in [0.29, 0.717) is 0 Å². The van der Waals surface area contributed by atoms with Gasteiger partial charge in [0, 0.05) is 39.7 Å². The van der Waals surface area contributed by atoms with Crippen molar-refractivity contribution in [3.05, 3.63) is 12.4 Å². The summed E-state index contributed by atoms with van der Waals surface area (Å²) < 4.78 is 14.9. The van der Waals surface area contributed by atoms with Crippen molar-refractivity contribution in [2.24, 2.45) is 0 Å². The SMILES string of the molecule is COCCN1C=CN(CCOC)[SiH]1C. The highest BCUT2D eigenvalue weighted by molar-refractivity contribution is 6.52. The molecule has 0 saturated carbocycles. The number of hydrogen-bond acceptors (Lipinski definition) is 4. The van der Waals surface area contributed by atoms with Crippen LogP contribution in [0.25, 0.3) is 0 Å². The van der Waals surface area contributed by atoms with Gasteiger partial charge in [-0.1, -0.05) is 0 Å². The van der Waals surface area contributed by atoms with E-state index in [9.17, 15) is 0 Å². The van der Waals surface area contributed by atoms with Gasteiger partial charge in [-0.15, -0.1) is 0 Å². The first-order chi connectivity index (χ1) is 6.79. The van der Waals surface area contributed by atoms with Gasteiger partial charge in [-0.3, -0.25) is 0 Å². The second-order valence-electron chi connectivity index (χ2n) is 3.39. The lowest BCUT2D eigenvalue weighted by Gasteiger charge is -2.27. The van der Waals surface area contributed by atoms with E-state index in [4.69, 9.17) is 9.47 Å². The lowest BCUT2D eigenvalue weighted by atomic mass is 10.6. The summed E-state index contributed by atoms with van der Waals surface area (Å²) >= 11 is 0. The molecule has 1 heterocycles. The summed E-state index contributed by atoms with van der Waals surface area (Å²) in [4.78, 5) is 0. The van der Waals surface area contributed by atoms with Crippen LogP contribution in [0.1, 0.15) is 0 Å². The van der Waals surface area contributed by atoms with Crippen molar-refractivity contribution in [3.63, 3.8) is 0 Å². The van der Waals surface area contributed by atoms with Crippen molar-refractivity contribution in [1.82, 2.24) is 9.13 Å². The molecular formula is C9H20N2O2Si. The van der Waals surface area contributed by atoms with Gasteiger partial charge in [-0.05, 0) is 6.55 Å². The molecule has 0 radical (unpaired) electrons. The molecule has 0 aromatic rings. The van der Waals surface area contributed by atoms with Gasteiger partial charge in [0.05, 0.1) is 13.2 Å². The van der Waals surface area contributed by atoms with Crippen molar-refractivity contribution < 1.29 is 9.47 Å². The fourth-order valence-electron chi connectivity index (χ4n) is 1.53. The maximum absolute atomic E-state index is 5.07. The van der Waals surface area contributed by atoms with Gasteiger partial charge in [0.25, 0.3) is 0 Å². The normalized spacial score (nSPS) is 17.1. The van der Waals surface area contributed by atoms with E-state index < -0.39 is 9.12 Å². The topological polar surface area (TPSA) is 24.9 Å². The van der Waals surface area contributed by atoms with E-state index in [0.717, 1.165) is 26.3 Å². The van der Waals surface area contributed by atoms with Crippen LogP contribution in [0.5, 0.6) is 0 Å². The van der Waals surface area contributed by atoms with E-state index in [1.54, 1.807) is 14.2 Å². The third kappa shape index (κ3) is 3.00. The molecule has 0 spiro atoms. The molecular weight excluding hydrogens is 196 g/mol. The minimum absolute atomic E-state index is 0.805. The maximum atomic E-state index is 5.07. The Labute approximate surface area is 87.8 Å². The van der Waals surface area contributed by atoms with Gasteiger partial charge in [0.1, 0.15) is 0 Å². The van der Waals surface area contributed by atoms with Crippen LogP contribution in [0.3, 0.4) is 0 Å². The van der Waals surface area contributed by atoms with E-state index in [1.165, 1.54) is 0 Å². The molecule has 0 fully saturated rings. The Morgan fingerprint density at radius 2 is 1.43 bits per heavy atom. The Morgan fingerprint density at radius 1 is 1.00 bits per heavy atom. The fraction of sp³-hybridized carbons (Fsp3) is 0.778. The predicted molar refractivity (Wildman–Crippen MR) is 59.3 cm³/mol. The molecule has 0 amide bonds. The highest BCUT2D eigenvalue weighted by atomic mass is 28.3. The Morgan fingerprint density at radius 3 is 1.79 bits per heavy atom. The van der Waals surface area contributed by atoms with Crippen LogP contribution in [0.15, 0.2) is 12.4 Å². The summed E-state index contributed by atoms with van der Waals surface area (Å²) in [6.45, 7) is 5.94. The lowest BCUT2D eigenvalue weighted by Crippen LogP contribution is -2.43. The predicted octanol–water partition coefficient (Wildman–Crippen LogP) is 0.218. The van der Waals surface area contributed by atoms with Crippen LogP contribution in [0.4, 0.5) is 0 Å². The van der Waals surface area contributed by atoms with Crippen molar-refractivity contribution in [1.29, 1.82) is 0 Å². The van der Waals surface area contributed by atoms with Crippen LogP contribution < -0.4 is 0 Å². The van der Waals surface area contributed by atoms with Crippen molar-refractivity contribution in [2.75, 3.05) is 40.5 Å². The third-order valence-corrected chi connectivity index (χ3v) is 5.30. The van der Waals surface area contributed by atoms with E-state index in [-0.39, 0.29) is 0 Å². The molecule has 1 rings (SSSR count). The van der Waals surface area contributed by atoms with Crippen LogP contribution >= 0.6 is 0 Å². The van der Waals surface area contributed by atoms with Gasteiger partial charge < -0.3 is 18.6 Å². The second-order valence-corrected chi connectivity index (χ2v) is 5.98. The molecule has 0 saturated heterocycles. The van der Waals surface area contributed by atoms with Gasteiger partial charge in [0.2, 0.25) is 9.12 Å². The van der Waals surface area contributed by atoms with Gasteiger partial charge in [0.15, 0.2) is 0 Å². The van der Waals surface area contributed by atoms with Gasteiger partial charge >= 0.3 is 0 Å². The largest absolute Gasteiger partial charge is 0.386 e. The summed E-state index contributed by atoms with van der Waals surface area (Å²) in [5.41, 5.74) is 0. The van der Waals surface area contributed by atoms with Crippen LogP contribution in [0.2, 0.25) is 6.55 Å². The molecule has 0 aromatic carbocycles. The molecule has 14 heavy (non-hydrogen) atoms. The highest BCUT2D eigenvalue weighted by Gasteiger charge is 2.22. The summed E-state index contributed by atoms with van der Waals surface area (Å²) in [6, 6.07) is 0. The van der Waals surface area contributed by atoms with Crippen LogP contribution in [-0.2, 0) is 9.47 Å². The van der Waals surface area contributed by atoms with Gasteiger partial charge in [-0.25, -0.2) is 0 Å². The molecule has 1 aliphatic rings. The molecule has 0 unspecified atom stereocenters. The zero-order chi connectivity index (χ0) is 10.4. The molecule has 0 N–H and O–H groups in total. The van der Waals surface area contributed by atoms with Crippen molar-refractivity contribution in [2.45, 2.75) is 6.55 Å². The minimum atomic E-state index is -0.947. The number of nitrogens with zero attached hydrogens (tertiary/aromatic N) is 2. The van der Waals surface area contributed by atoms with E-state index in [2.05, 4.69) is 28.1 Å². The summed E-state index contributed by atoms with van der Waals surface area (Å²) in [7, 11) is 2.54. The molecule has 4 nitrogen and oxygen atoms in total. The molecule has 0 bridgehead atoms. The monoisotopic (exact) mass is 216 g/mol. The van der Waals surface area contributed by atoms with Crippen molar-refractivity contribution in [3.8, 4) is 0 Å². The smallest absolute Gasteiger partial charge is 0.243 e. The Hall–Kier alpha value is -0.523. The molecule has 0 aliphatic carbocycles. The number of rotatable bonds is 6. The van der Waals surface area contributed by atoms with Crippen LogP contribution in [0, 0.1) is 0 Å². The Balaban J connectivity index is 2.28. The van der Waals surface area contributed by atoms with E-state index in [1.807, 2.05) is 0 Å². The lowest BCUT2D eigenvalue weighted by molar-refractivity contribution is 0.182. The molecule has 5 heteroatoms. The standard InChI is InChI=1S/C9H20N2O2Si/c1-12-8-6-10-4-5-11(14(10)3)7-9-13-2/h4-5,14H,6-9H2,1-3H3. The number of methoxy groups -OCH3 is 2.